The number of phenols is 1. The molecule has 0 aromatic heterocycles. The number of benzene rings is 1. The van der Waals surface area contributed by atoms with Gasteiger partial charge in [-0.15, -0.1) is 12.4 Å². The molecule has 1 aromatic carbocycles. The molecule has 1 fully saturated rings. The van der Waals surface area contributed by atoms with Crippen LogP contribution in [0.25, 0.3) is 0 Å². The van der Waals surface area contributed by atoms with E-state index in [-0.39, 0.29) is 34.1 Å². The first-order valence-corrected chi connectivity index (χ1v) is 6.98. The molecule has 4 nitrogen and oxygen atoms in total. The van der Waals surface area contributed by atoms with Crippen LogP contribution >= 0.6 is 35.6 Å². The van der Waals surface area contributed by atoms with Crippen LogP contribution in [-0.2, 0) is 4.79 Å². The molecule has 0 spiro atoms. The zero-order valence-electron chi connectivity index (χ0n) is 11.0. The Kier molecular flexibility index (Phi) is 5.95. The number of aromatic hydroxyl groups is 1. The quantitative estimate of drug-likeness (QED) is 0.738. The molecule has 3 N–H and O–H groups in total. The molecule has 1 atom stereocenters. The number of carbonyl (C=O) groups excluding carboxylic acids is 1. The fourth-order valence-electron chi connectivity index (χ4n) is 2.35. The zero-order chi connectivity index (χ0) is 14.0. The minimum Gasteiger partial charge on any atom is -0.505 e. The highest BCUT2D eigenvalue weighted by molar-refractivity contribution is 6.37. The van der Waals surface area contributed by atoms with Gasteiger partial charge in [0.1, 0.15) is 0 Å². The average molecular weight is 340 g/mol. The van der Waals surface area contributed by atoms with Gasteiger partial charge in [-0.3, -0.25) is 4.79 Å². The predicted octanol–water partition coefficient (Wildman–Crippen LogP) is 3.59. The van der Waals surface area contributed by atoms with E-state index in [0.29, 0.717) is 5.69 Å². The Morgan fingerprint density at radius 3 is 2.50 bits per heavy atom. The number of nitrogens with one attached hydrogen (secondary N) is 2. The number of hydrogen-bond donors (Lipinski definition) is 3. The Morgan fingerprint density at radius 2 is 2.05 bits per heavy atom. The number of phenolic OH excluding ortho intramolecular Hbond substituents is 1. The second kappa shape index (κ2) is 6.85. The molecule has 1 saturated heterocycles. The van der Waals surface area contributed by atoms with Gasteiger partial charge < -0.3 is 15.7 Å². The summed E-state index contributed by atoms with van der Waals surface area (Å²) in [4.78, 5) is 12.4. The second-order valence-electron chi connectivity index (χ2n) is 4.71. The number of anilines is 1. The lowest BCUT2D eigenvalue weighted by Crippen LogP contribution is -2.50. The second-order valence-corrected chi connectivity index (χ2v) is 5.52. The van der Waals surface area contributed by atoms with Crippen molar-refractivity contribution in [3.63, 3.8) is 0 Å². The van der Waals surface area contributed by atoms with Crippen LogP contribution in [0, 0.1) is 0 Å². The van der Waals surface area contributed by atoms with Gasteiger partial charge in [0, 0.05) is 5.69 Å². The van der Waals surface area contributed by atoms with Crippen LogP contribution in [0.15, 0.2) is 12.1 Å². The van der Waals surface area contributed by atoms with E-state index in [2.05, 4.69) is 10.6 Å². The molecule has 112 valence electrons. The Morgan fingerprint density at radius 1 is 1.45 bits per heavy atom. The van der Waals surface area contributed by atoms with Crippen molar-refractivity contribution >= 4 is 47.2 Å². The Balaban J connectivity index is 0.00000200. The van der Waals surface area contributed by atoms with Crippen LogP contribution in [0.4, 0.5) is 5.69 Å². The Hall–Kier alpha value is -0.680. The monoisotopic (exact) mass is 338 g/mol. The fourth-order valence-corrected chi connectivity index (χ4v) is 2.84. The van der Waals surface area contributed by atoms with Crippen molar-refractivity contribution in [1.82, 2.24) is 5.32 Å². The molecular weight excluding hydrogens is 323 g/mol. The summed E-state index contributed by atoms with van der Waals surface area (Å²) in [5, 5.41) is 15.8. The maximum Gasteiger partial charge on any atom is 0.244 e. The van der Waals surface area contributed by atoms with Gasteiger partial charge in [-0.05, 0) is 37.9 Å². The van der Waals surface area contributed by atoms with Crippen molar-refractivity contribution in [1.29, 1.82) is 0 Å². The Labute approximate surface area is 134 Å². The number of halogens is 3. The molecule has 1 heterocycles. The van der Waals surface area contributed by atoms with Crippen LogP contribution in [0.2, 0.25) is 10.0 Å². The third-order valence-electron chi connectivity index (χ3n) is 3.56. The minimum atomic E-state index is -0.517. The highest BCUT2D eigenvalue weighted by atomic mass is 35.5. The summed E-state index contributed by atoms with van der Waals surface area (Å²) in [7, 11) is 0. The van der Waals surface area contributed by atoms with E-state index in [9.17, 15) is 9.90 Å². The van der Waals surface area contributed by atoms with Gasteiger partial charge in [0.05, 0.1) is 15.6 Å². The maximum atomic E-state index is 12.4. The van der Waals surface area contributed by atoms with Crippen molar-refractivity contribution in [2.75, 3.05) is 11.9 Å². The first kappa shape index (κ1) is 17.4. The average Bonchev–Trinajstić information content (AvgIpc) is 2.85. The van der Waals surface area contributed by atoms with Crippen LogP contribution in [0.1, 0.15) is 26.2 Å². The standard InChI is InChI=1S/C13H16Cl2N2O2.ClH/c1-2-13(4-3-5-16-13)12(19)17-8-6-9(14)11(18)10(15)7-8;/h6-7,16,18H,2-5H2,1H3,(H,17,19);1H. The molecular formula is C13H17Cl3N2O2. The van der Waals surface area contributed by atoms with Crippen LogP contribution in [0.5, 0.6) is 5.75 Å². The predicted molar refractivity (Wildman–Crippen MR) is 84.3 cm³/mol. The summed E-state index contributed by atoms with van der Waals surface area (Å²) in [5.41, 5.74) is -0.0315. The SMILES string of the molecule is CCC1(C(=O)Nc2cc(Cl)c(O)c(Cl)c2)CCCN1.Cl. The summed E-state index contributed by atoms with van der Waals surface area (Å²) in [6.45, 7) is 2.83. The first-order chi connectivity index (χ1) is 8.98. The van der Waals surface area contributed by atoms with E-state index in [1.54, 1.807) is 0 Å². The molecule has 2 rings (SSSR count). The lowest BCUT2D eigenvalue weighted by molar-refractivity contribution is -0.122. The number of amides is 1. The van der Waals surface area contributed by atoms with Gasteiger partial charge in [-0.1, -0.05) is 30.1 Å². The third-order valence-corrected chi connectivity index (χ3v) is 4.13. The highest BCUT2D eigenvalue weighted by Crippen LogP contribution is 2.35. The first-order valence-electron chi connectivity index (χ1n) is 6.23. The largest absolute Gasteiger partial charge is 0.505 e. The fraction of sp³-hybridized carbons (Fsp3) is 0.462. The smallest absolute Gasteiger partial charge is 0.244 e. The zero-order valence-corrected chi connectivity index (χ0v) is 13.3. The van der Waals surface area contributed by atoms with E-state index in [0.717, 1.165) is 25.8 Å². The van der Waals surface area contributed by atoms with E-state index in [4.69, 9.17) is 23.2 Å². The minimum absolute atomic E-state index is 0. The van der Waals surface area contributed by atoms with Gasteiger partial charge in [-0.25, -0.2) is 0 Å². The lowest BCUT2D eigenvalue weighted by Gasteiger charge is -2.26. The van der Waals surface area contributed by atoms with Crippen molar-refractivity contribution in [3.05, 3.63) is 22.2 Å². The summed E-state index contributed by atoms with van der Waals surface area (Å²) in [6, 6.07) is 2.97. The summed E-state index contributed by atoms with van der Waals surface area (Å²) in [6.07, 6.45) is 2.52. The van der Waals surface area contributed by atoms with Gasteiger partial charge in [0.15, 0.2) is 5.75 Å². The molecule has 0 bridgehead atoms. The molecule has 0 saturated carbocycles. The third kappa shape index (κ3) is 3.31. The molecule has 7 heteroatoms. The lowest BCUT2D eigenvalue weighted by atomic mass is 9.93. The molecule has 0 aliphatic carbocycles. The number of rotatable bonds is 3. The summed E-state index contributed by atoms with van der Waals surface area (Å²) >= 11 is 11.7. The number of hydrogen-bond acceptors (Lipinski definition) is 3. The summed E-state index contributed by atoms with van der Waals surface area (Å²) < 4.78 is 0. The van der Waals surface area contributed by atoms with Gasteiger partial charge >= 0.3 is 0 Å². The van der Waals surface area contributed by atoms with Crippen molar-refractivity contribution in [2.24, 2.45) is 0 Å². The van der Waals surface area contributed by atoms with Gasteiger partial charge in [0.25, 0.3) is 0 Å². The number of carbonyl (C=O) groups is 1. The maximum absolute atomic E-state index is 12.4. The highest BCUT2D eigenvalue weighted by Gasteiger charge is 2.39. The van der Waals surface area contributed by atoms with Crippen molar-refractivity contribution < 1.29 is 9.90 Å². The van der Waals surface area contributed by atoms with Crippen molar-refractivity contribution in [2.45, 2.75) is 31.7 Å². The molecule has 20 heavy (non-hydrogen) atoms. The van der Waals surface area contributed by atoms with E-state index >= 15 is 0 Å². The van der Waals surface area contributed by atoms with Crippen LogP contribution in [-0.4, -0.2) is 23.1 Å². The van der Waals surface area contributed by atoms with Crippen LogP contribution < -0.4 is 10.6 Å². The summed E-state index contributed by atoms with van der Waals surface area (Å²) in [5.74, 6) is -0.268. The van der Waals surface area contributed by atoms with E-state index in [1.807, 2.05) is 6.92 Å². The molecule has 1 aliphatic heterocycles. The van der Waals surface area contributed by atoms with Gasteiger partial charge in [-0.2, -0.15) is 0 Å². The topological polar surface area (TPSA) is 61.4 Å². The molecule has 1 unspecified atom stereocenters. The molecule has 1 aliphatic rings. The van der Waals surface area contributed by atoms with Crippen molar-refractivity contribution in [3.8, 4) is 5.75 Å². The van der Waals surface area contributed by atoms with E-state index in [1.165, 1.54) is 12.1 Å². The van der Waals surface area contributed by atoms with E-state index < -0.39 is 5.54 Å². The van der Waals surface area contributed by atoms with Crippen LogP contribution in [0.3, 0.4) is 0 Å². The molecule has 1 aromatic rings. The normalized spacial score (nSPS) is 21.4. The molecule has 1 amide bonds. The van der Waals surface area contributed by atoms with Gasteiger partial charge in [0.2, 0.25) is 5.91 Å². The molecule has 0 radical (unpaired) electrons. The Bertz CT molecular complexity index is 479.